The summed E-state index contributed by atoms with van der Waals surface area (Å²) in [6, 6.07) is 13.3. The van der Waals surface area contributed by atoms with Gasteiger partial charge in [0.15, 0.2) is 6.61 Å². The fourth-order valence-electron chi connectivity index (χ4n) is 2.35. The fourth-order valence-corrected chi connectivity index (χ4v) is 2.35. The van der Waals surface area contributed by atoms with Crippen molar-refractivity contribution in [2.45, 2.75) is 26.2 Å². The van der Waals surface area contributed by atoms with E-state index in [1.54, 1.807) is 20.8 Å². The first kappa shape index (κ1) is 18.3. The lowest BCUT2D eigenvalue weighted by Crippen LogP contribution is -2.32. The van der Waals surface area contributed by atoms with Crippen molar-refractivity contribution < 1.29 is 19.2 Å². The van der Waals surface area contributed by atoms with Crippen LogP contribution < -0.4 is 0 Å². The first-order chi connectivity index (χ1) is 11.7. The molecular weight excluding hydrogens is 322 g/mol. The van der Waals surface area contributed by atoms with E-state index in [0.717, 1.165) is 5.56 Å². The smallest absolute Gasteiger partial charge is 0.316 e. The summed E-state index contributed by atoms with van der Waals surface area (Å²) in [5.41, 5.74) is 0.340. The Hall–Kier alpha value is -3.02. The van der Waals surface area contributed by atoms with Gasteiger partial charge in [0.05, 0.1) is 10.3 Å². The lowest BCUT2D eigenvalue weighted by atomic mass is 9.85. The highest BCUT2D eigenvalue weighted by Gasteiger charge is 2.32. The van der Waals surface area contributed by atoms with Crippen molar-refractivity contribution in [3.63, 3.8) is 0 Å². The number of carbonyl (C=O) groups excluding carboxylic acids is 2. The molecule has 0 aliphatic heterocycles. The van der Waals surface area contributed by atoms with Crippen LogP contribution in [0, 0.1) is 17.0 Å². The highest BCUT2D eigenvalue weighted by Crippen LogP contribution is 2.25. The van der Waals surface area contributed by atoms with Gasteiger partial charge < -0.3 is 4.74 Å². The molecular formula is C19H19NO5. The Morgan fingerprint density at radius 2 is 1.76 bits per heavy atom. The van der Waals surface area contributed by atoms with E-state index in [9.17, 15) is 19.7 Å². The number of ether oxygens (including phenoxy) is 1. The Morgan fingerprint density at radius 3 is 2.36 bits per heavy atom. The first-order valence-corrected chi connectivity index (χ1v) is 7.74. The van der Waals surface area contributed by atoms with Crippen LogP contribution in [0.1, 0.15) is 35.3 Å². The Bertz CT molecular complexity index is 812. The Kier molecular flexibility index (Phi) is 5.32. The molecule has 0 atom stereocenters. The summed E-state index contributed by atoms with van der Waals surface area (Å²) in [5, 5.41) is 11.0. The minimum Gasteiger partial charge on any atom is -0.457 e. The average Bonchev–Trinajstić information content (AvgIpc) is 2.60. The van der Waals surface area contributed by atoms with E-state index < -0.39 is 28.7 Å². The van der Waals surface area contributed by atoms with Crippen LogP contribution in [0.5, 0.6) is 0 Å². The number of Topliss-reactive ketones (excluding diaryl/α,β-unsaturated/α-hetero) is 1. The van der Waals surface area contributed by atoms with Crippen molar-refractivity contribution in [2.75, 3.05) is 6.61 Å². The Labute approximate surface area is 145 Å². The lowest BCUT2D eigenvalue weighted by molar-refractivity contribution is -0.385. The average molecular weight is 341 g/mol. The van der Waals surface area contributed by atoms with Gasteiger partial charge >= 0.3 is 5.97 Å². The van der Waals surface area contributed by atoms with Gasteiger partial charge in [-0.25, -0.2) is 0 Å². The summed E-state index contributed by atoms with van der Waals surface area (Å²) in [4.78, 5) is 35.0. The van der Waals surface area contributed by atoms with E-state index in [2.05, 4.69) is 0 Å². The van der Waals surface area contributed by atoms with Crippen LogP contribution in [0.4, 0.5) is 5.69 Å². The van der Waals surface area contributed by atoms with Crippen molar-refractivity contribution in [1.82, 2.24) is 0 Å². The standard InChI is InChI=1S/C19H19NO5/c1-13-9-10-14(11-16(13)20(23)24)17(21)12-25-18(22)19(2,3)15-7-5-4-6-8-15/h4-11H,12H2,1-3H3. The fraction of sp³-hybridized carbons (Fsp3) is 0.263. The maximum absolute atomic E-state index is 12.3. The maximum Gasteiger partial charge on any atom is 0.316 e. The number of esters is 1. The van der Waals surface area contributed by atoms with Gasteiger partial charge in [-0.2, -0.15) is 0 Å². The third-order valence-corrected chi connectivity index (χ3v) is 4.07. The van der Waals surface area contributed by atoms with Crippen molar-refractivity contribution in [3.8, 4) is 0 Å². The second kappa shape index (κ2) is 7.25. The molecule has 2 aromatic carbocycles. The molecule has 0 N–H and O–H groups in total. The lowest BCUT2D eigenvalue weighted by Gasteiger charge is -2.22. The van der Waals surface area contributed by atoms with Crippen LogP contribution in [0.3, 0.4) is 0 Å². The van der Waals surface area contributed by atoms with Crippen molar-refractivity contribution in [1.29, 1.82) is 0 Å². The second-order valence-corrected chi connectivity index (χ2v) is 6.25. The summed E-state index contributed by atoms with van der Waals surface area (Å²) in [7, 11) is 0. The third kappa shape index (κ3) is 4.09. The first-order valence-electron chi connectivity index (χ1n) is 7.74. The molecule has 0 saturated heterocycles. The quantitative estimate of drug-likeness (QED) is 0.347. The van der Waals surface area contributed by atoms with E-state index in [1.165, 1.54) is 18.2 Å². The molecule has 0 aliphatic carbocycles. The number of nitro benzene ring substituents is 1. The zero-order valence-corrected chi connectivity index (χ0v) is 14.3. The molecule has 0 bridgehead atoms. The normalized spacial score (nSPS) is 11.0. The van der Waals surface area contributed by atoms with E-state index in [1.807, 2.05) is 30.3 Å². The summed E-state index contributed by atoms with van der Waals surface area (Å²) in [6.07, 6.45) is 0. The number of rotatable bonds is 6. The monoisotopic (exact) mass is 341 g/mol. The molecule has 0 fully saturated rings. The SMILES string of the molecule is Cc1ccc(C(=O)COC(=O)C(C)(C)c2ccccc2)cc1[N+](=O)[O-]. The summed E-state index contributed by atoms with van der Waals surface area (Å²) in [5.74, 6) is -1.02. The summed E-state index contributed by atoms with van der Waals surface area (Å²) >= 11 is 0. The predicted octanol–water partition coefficient (Wildman–Crippen LogP) is 3.61. The highest BCUT2D eigenvalue weighted by molar-refractivity contribution is 5.99. The van der Waals surface area contributed by atoms with Crippen LogP contribution >= 0.6 is 0 Å². The van der Waals surface area contributed by atoms with Gasteiger partial charge in [0.25, 0.3) is 5.69 Å². The zero-order valence-electron chi connectivity index (χ0n) is 14.3. The van der Waals surface area contributed by atoms with E-state index in [4.69, 9.17) is 4.74 Å². The Morgan fingerprint density at radius 1 is 1.12 bits per heavy atom. The molecule has 25 heavy (non-hydrogen) atoms. The molecule has 0 amide bonds. The minimum absolute atomic E-state index is 0.137. The van der Waals surface area contributed by atoms with Gasteiger partial charge in [0.2, 0.25) is 5.78 Å². The van der Waals surface area contributed by atoms with Crippen LogP contribution in [0.15, 0.2) is 48.5 Å². The van der Waals surface area contributed by atoms with Gasteiger partial charge in [-0.05, 0) is 26.3 Å². The van der Waals surface area contributed by atoms with Crippen LogP contribution in [-0.2, 0) is 14.9 Å². The molecule has 6 nitrogen and oxygen atoms in total. The molecule has 0 unspecified atom stereocenters. The largest absolute Gasteiger partial charge is 0.457 e. The van der Waals surface area contributed by atoms with Crippen molar-refractivity contribution in [2.24, 2.45) is 0 Å². The molecule has 0 aromatic heterocycles. The van der Waals surface area contributed by atoms with Crippen LogP contribution in [0.2, 0.25) is 0 Å². The number of hydrogen-bond donors (Lipinski definition) is 0. The van der Waals surface area contributed by atoms with Gasteiger partial charge in [-0.3, -0.25) is 19.7 Å². The minimum atomic E-state index is -0.902. The number of nitro groups is 1. The van der Waals surface area contributed by atoms with Crippen molar-refractivity contribution in [3.05, 3.63) is 75.3 Å². The molecule has 0 radical (unpaired) electrons. The Balaban J connectivity index is 2.08. The van der Waals surface area contributed by atoms with Gasteiger partial charge in [0, 0.05) is 17.2 Å². The number of carbonyl (C=O) groups is 2. The molecule has 0 saturated carbocycles. The van der Waals surface area contributed by atoms with Gasteiger partial charge in [-0.15, -0.1) is 0 Å². The predicted molar refractivity (Wildman–Crippen MR) is 92.6 cm³/mol. The molecule has 2 aromatic rings. The molecule has 0 heterocycles. The number of hydrogen-bond acceptors (Lipinski definition) is 5. The van der Waals surface area contributed by atoms with Crippen LogP contribution in [0.25, 0.3) is 0 Å². The van der Waals surface area contributed by atoms with Crippen molar-refractivity contribution >= 4 is 17.4 Å². The molecule has 0 aliphatic rings. The molecule has 6 heteroatoms. The van der Waals surface area contributed by atoms with E-state index in [-0.39, 0.29) is 11.3 Å². The number of aryl methyl sites for hydroxylation is 1. The third-order valence-electron chi connectivity index (χ3n) is 4.07. The van der Waals surface area contributed by atoms with E-state index >= 15 is 0 Å². The summed E-state index contributed by atoms with van der Waals surface area (Å²) < 4.78 is 5.15. The highest BCUT2D eigenvalue weighted by atomic mass is 16.6. The number of benzene rings is 2. The maximum atomic E-state index is 12.3. The molecule has 130 valence electrons. The number of nitrogens with zero attached hydrogens (tertiary/aromatic N) is 1. The zero-order chi connectivity index (χ0) is 18.6. The molecule has 2 rings (SSSR count). The van der Waals surface area contributed by atoms with Gasteiger partial charge in [0.1, 0.15) is 0 Å². The summed E-state index contributed by atoms with van der Waals surface area (Å²) in [6.45, 7) is 4.56. The second-order valence-electron chi connectivity index (χ2n) is 6.25. The topological polar surface area (TPSA) is 86.5 Å². The van der Waals surface area contributed by atoms with Crippen LogP contribution in [-0.4, -0.2) is 23.3 Å². The number of ketones is 1. The molecule has 0 spiro atoms. The van der Waals surface area contributed by atoms with Gasteiger partial charge in [-0.1, -0.05) is 42.5 Å². The van der Waals surface area contributed by atoms with E-state index in [0.29, 0.717) is 5.56 Å².